The van der Waals surface area contributed by atoms with E-state index in [0.717, 1.165) is 17.1 Å². The first kappa shape index (κ1) is 12.1. The van der Waals surface area contributed by atoms with Crippen LogP contribution in [0.2, 0.25) is 0 Å². The molecule has 0 fully saturated rings. The summed E-state index contributed by atoms with van der Waals surface area (Å²) < 4.78 is 1.77. The van der Waals surface area contributed by atoms with Crippen LogP contribution >= 0.6 is 27.5 Å². The maximum absolute atomic E-state index is 4.79. The van der Waals surface area contributed by atoms with Gasteiger partial charge in [-0.25, -0.2) is 4.03 Å². The zero-order valence-electron chi connectivity index (χ0n) is 10.5. The third kappa shape index (κ3) is 1.87. The molecule has 0 saturated carbocycles. The van der Waals surface area contributed by atoms with E-state index in [9.17, 15) is 0 Å². The molecule has 0 aliphatic carbocycles. The fourth-order valence-electron chi connectivity index (χ4n) is 2.44. The van der Waals surface area contributed by atoms with E-state index >= 15 is 0 Å². The highest BCUT2D eigenvalue weighted by Gasteiger charge is 2.32. The van der Waals surface area contributed by atoms with Crippen LogP contribution in [-0.4, -0.2) is 22.3 Å². The molecule has 3 heterocycles. The van der Waals surface area contributed by atoms with E-state index in [-0.39, 0.29) is 0 Å². The van der Waals surface area contributed by atoms with E-state index in [1.807, 2.05) is 18.2 Å². The highest BCUT2D eigenvalue weighted by Crippen LogP contribution is 2.34. The molecule has 0 bridgehead atoms. The van der Waals surface area contributed by atoms with Gasteiger partial charge in [0, 0.05) is 11.1 Å². The lowest BCUT2D eigenvalue weighted by molar-refractivity contribution is 0.575. The molecule has 20 heavy (non-hydrogen) atoms. The summed E-state index contributed by atoms with van der Waals surface area (Å²) in [7, 11) is 0. The van der Waals surface area contributed by atoms with Gasteiger partial charge in [-0.1, -0.05) is 30.3 Å². The Morgan fingerprint density at radius 2 is 2.00 bits per heavy atom. The molecular weight excluding hydrogens is 336 g/mol. The van der Waals surface area contributed by atoms with Crippen LogP contribution in [0.5, 0.6) is 0 Å². The van der Waals surface area contributed by atoms with Gasteiger partial charge in [0.1, 0.15) is 17.4 Å². The number of thiophene rings is 1. The Kier molecular flexibility index (Phi) is 2.85. The second kappa shape index (κ2) is 4.71. The van der Waals surface area contributed by atoms with Crippen LogP contribution in [0.3, 0.4) is 0 Å². The first-order valence-corrected chi connectivity index (χ1v) is 7.88. The lowest BCUT2D eigenvalue weighted by atomic mass is 10.1. The zero-order chi connectivity index (χ0) is 13.5. The van der Waals surface area contributed by atoms with Crippen LogP contribution in [0.15, 0.2) is 51.9 Å². The van der Waals surface area contributed by atoms with Crippen LogP contribution in [0, 0.1) is 0 Å². The number of anilines is 1. The van der Waals surface area contributed by atoms with Crippen molar-refractivity contribution >= 4 is 44.0 Å². The molecule has 2 aliphatic rings. The summed E-state index contributed by atoms with van der Waals surface area (Å²) in [5.41, 5.74) is 3.32. The molecule has 1 aromatic heterocycles. The molecule has 0 unspecified atom stereocenters. The molecule has 0 saturated heterocycles. The Morgan fingerprint density at radius 1 is 1.15 bits per heavy atom. The van der Waals surface area contributed by atoms with E-state index in [4.69, 9.17) is 4.99 Å². The van der Waals surface area contributed by atoms with Crippen molar-refractivity contribution in [1.29, 1.82) is 0 Å². The van der Waals surface area contributed by atoms with Gasteiger partial charge < -0.3 is 0 Å². The predicted molar refractivity (Wildman–Crippen MR) is 86.5 cm³/mol. The Morgan fingerprint density at radius 3 is 2.85 bits per heavy atom. The third-order valence-corrected chi connectivity index (χ3v) is 4.71. The molecule has 2 aromatic rings. The monoisotopic (exact) mass is 346 g/mol. The lowest BCUT2D eigenvalue weighted by Crippen LogP contribution is -2.33. The largest absolute Gasteiger partial charge is 0.293 e. The standard InChI is InChI=1S/C14H11BrN4S/c15-19-9-18-13(17-19)12(10-4-2-1-3-5-10)16-8-11-6-7-20-14(11)18/h1-7H,8-9H2. The average molecular weight is 347 g/mol. The van der Waals surface area contributed by atoms with Gasteiger partial charge in [-0.3, -0.25) is 9.89 Å². The Balaban J connectivity index is 1.87. The first-order chi connectivity index (χ1) is 9.83. The van der Waals surface area contributed by atoms with Gasteiger partial charge >= 0.3 is 0 Å². The third-order valence-electron chi connectivity index (χ3n) is 3.35. The molecule has 1 aromatic carbocycles. The minimum absolute atomic E-state index is 0.703. The topological polar surface area (TPSA) is 31.2 Å². The number of halogens is 1. The summed E-state index contributed by atoms with van der Waals surface area (Å²) in [5, 5.41) is 7.92. The fraction of sp³-hybridized carbons (Fsp3) is 0.143. The highest BCUT2D eigenvalue weighted by atomic mass is 79.9. The average Bonchev–Trinajstić information content (AvgIpc) is 3.04. The van der Waals surface area contributed by atoms with Crippen molar-refractivity contribution in [1.82, 2.24) is 4.03 Å². The van der Waals surface area contributed by atoms with Crippen LogP contribution < -0.4 is 4.90 Å². The van der Waals surface area contributed by atoms with Gasteiger partial charge in [0.05, 0.1) is 22.7 Å². The van der Waals surface area contributed by atoms with Gasteiger partial charge in [-0.05, 0) is 11.4 Å². The second-order valence-corrected chi connectivity index (χ2v) is 6.32. The number of nitrogens with zero attached hydrogens (tertiary/aromatic N) is 4. The molecule has 2 aliphatic heterocycles. The molecule has 0 amide bonds. The summed E-state index contributed by atoms with van der Waals surface area (Å²) in [6, 6.07) is 12.4. The van der Waals surface area contributed by atoms with Crippen LogP contribution in [0.1, 0.15) is 11.1 Å². The molecular formula is C14H11BrN4S. The summed E-state index contributed by atoms with van der Waals surface area (Å²) in [4.78, 5) is 7.00. The van der Waals surface area contributed by atoms with Crippen molar-refractivity contribution in [2.75, 3.05) is 11.6 Å². The van der Waals surface area contributed by atoms with Gasteiger partial charge in [0.15, 0.2) is 5.84 Å². The number of benzene rings is 1. The van der Waals surface area contributed by atoms with Crippen molar-refractivity contribution in [3.63, 3.8) is 0 Å². The van der Waals surface area contributed by atoms with E-state index < -0.39 is 0 Å². The van der Waals surface area contributed by atoms with E-state index in [2.05, 4.69) is 49.7 Å². The van der Waals surface area contributed by atoms with Crippen LogP contribution in [0.25, 0.3) is 0 Å². The van der Waals surface area contributed by atoms with E-state index in [1.165, 1.54) is 10.6 Å². The van der Waals surface area contributed by atoms with Gasteiger partial charge in [-0.2, -0.15) is 0 Å². The number of hydrazone groups is 1. The SMILES string of the molecule is BrN1CN2C(=N1)C(c1ccccc1)=NCc1ccsc12. The molecule has 100 valence electrons. The van der Waals surface area contributed by atoms with E-state index in [0.29, 0.717) is 13.2 Å². The van der Waals surface area contributed by atoms with Crippen molar-refractivity contribution in [2.24, 2.45) is 10.1 Å². The number of hydrogen-bond acceptors (Lipinski definition) is 5. The minimum Gasteiger partial charge on any atom is -0.293 e. The molecule has 4 nitrogen and oxygen atoms in total. The van der Waals surface area contributed by atoms with Gasteiger partial charge in [0.25, 0.3) is 0 Å². The van der Waals surface area contributed by atoms with Crippen molar-refractivity contribution in [3.05, 3.63) is 52.9 Å². The van der Waals surface area contributed by atoms with Crippen molar-refractivity contribution < 1.29 is 0 Å². The van der Waals surface area contributed by atoms with E-state index in [1.54, 1.807) is 15.4 Å². The normalized spacial score (nSPS) is 17.2. The Labute approximate surface area is 129 Å². The Hall–Kier alpha value is -1.66. The maximum Gasteiger partial charge on any atom is 0.182 e. The second-order valence-electron chi connectivity index (χ2n) is 4.61. The lowest BCUT2D eigenvalue weighted by Gasteiger charge is -2.17. The number of aliphatic imine (C=N–C) groups is 1. The smallest absolute Gasteiger partial charge is 0.182 e. The fourth-order valence-corrected chi connectivity index (χ4v) is 3.74. The maximum atomic E-state index is 4.79. The van der Waals surface area contributed by atoms with Gasteiger partial charge in [-0.15, -0.1) is 16.4 Å². The van der Waals surface area contributed by atoms with Crippen LogP contribution in [0.4, 0.5) is 5.00 Å². The summed E-state index contributed by atoms with van der Waals surface area (Å²) in [6.45, 7) is 1.41. The quantitative estimate of drug-likeness (QED) is 0.740. The predicted octanol–water partition coefficient (Wildman–Crippen LogP) is 3.45. The number of fused-ring (bicyclic) bond motifs is 3. The number of hydrogen-bond donors (Lipinski definition) is 0. The molecule has 4 rings (SSSR count). The molecule has 0 radical (unpaired) electrons. The molecule has 0 N–H and O–H groups in total. The molecule has 6 heteroatoms. The Bertz CT molecular complexity index is 707. The molecule has 0 atom stereocenters. The zero-order valence-corrected chi connectivity index (χ0v) is 12.9. The minimum atomic E-state index is 0.703. The summed E-state index contributed by atoms with van der Waals surface area (Å²) in [6.07, 6.45) is 0. The number of amidine groups is 1. The molecule has 0 spiro atoms. The van der Waals surface area contributed by atoms with Crippen LogP contribution in [-0.2, 0) is 6.54 Å². The number of rotatable bonds is 1. The summed E-state index contributed by atoms with van der Waals surface area (Å²) >= 11 is 5.19. The van der Waals surface area contributed by atoms with Crippen molar-refractivity contribution in [2.45, 2.75) is 6.54 Å². The summed E-state index contributed by atoms with van der Waals surface area (Å²) in [5.74, 6) is 0.911. The van der Waals surface area contributed by atoms with Gasteiger partial charge in [0.2, 0.25) is 0 Å². The first-order valence-electron chi connectivity index (χ1n) is 6.29. The van der Waals surface area contributed by atoms with Crippen molar-refractivity contribution in [3.8, 4) is 0 Å². The highest BCUT2D eigenvalue weighted by molar-refractivity contribution is 9.07.